The second-order valence-electron chi connectivity index (χ2n) is 7.27. The molecule has 2 aromatic heterocycles. The van der Waals surface area contributed by atoms with E-state index in [0.29, 0.717) is 25.4 Å². The summed E-state index contributed by atoms with van der Waals surface area (Å²) in [5.41, 5.74) is 3.10. The van der Waals surface area contributed by atoms with E-state index in [-0.39, 0.29) is 23.5 Å². The molecule has 34 heavy (non-hydrogen) atoms. The molecule has 1 aliphatic rings. The third kappa shape index (κ3) is 4.04. The molecule has 0 aliphatic carbocycles. The molecule has 0 spiro atoms. The van der Waals surface area contributed by atoms with Gasteiger partial charge in [-0.2, -0.15) is 4.99 Å². The maximum Gasteiger partial charge on any atom is 0.265 e. The lowest BCUT2D eigenvalue weighted by Gasteiger charge is -2.07. The van der Waals surface area contributed by atoms with Gasteiger partial charge in [0.25, 0.3) is 11.4 Å². The van der Waals surface area contributed by atoms with Gasteiger partial charge in [0, 0.05) is 15.8 Å². The van der Waals surface area contributed by atoms with Crippen LogP contribution >= 0.6 is 22.9 Å². The first-order valence-electron chi connectivity index (χ1n) is 9.94. The number of carbonyl (C=O) groups is 1. The highest BCUT2D eigenvalue weighted by molar-refractivity contribution is 7.16. The van der Waals surface area contributed by atoms with Crippen LogP contribution < -0.4 is 26.1 Å². The van der Waals surface area contributed by atoms with Crippen LogP contribution in [0.1, 0.15) is 5.56 Å². The number of amidine groups is 1. The van der Waals surface area contributed by atoms with Crippen molar-refractivity contribution in [2.24, 2.45) is 4.99 Å². The number of amides is 1. The number of para-hydroxylation sites is 1. The van der Waals surface area contributed by atoms with E-state index in [4.69, 9.17) is 16.4 Å². The van der Waals surface area contributed by atoms with Gasteiger partial charge in [0.15, 0.2) is 5.84 Å². The summed E-state index contributed by atoms with van der Waals surface area (Å²) >= 11 is 7.13. The normalized spacial score (nSPS) is 14.5. The number of carbonyl (C=O) groups excluding carboxylic acids is 1. The number of aliphatic imine (C=N–C) groups is 1. The maximum absolute atomic E-state index is 13.8. The van der Waals surface area contributed by atoms with E-state index in [9.17, 15) is 14.0 Å². The molecular formula is C23H15ClFN5O3S. The molecule has 0 saturated carbocycles. The van der Waals surface area contributed by atoms with Crippen LogP contribution in [-0.2, 0) is 16.2 Å². The molecule has 4 aromatic rings. The van der Waals surface area contributed by atoms with E-state index in [1.54, 1.807) is 30.3 Å². The van der Waals surface area contributed by atoms with Gasteiger partial charge >= 0.3 is 0 Å². The fraction of sp³-hybridized carbons (Fsp3) is 0.0435. The molecule has 0 bridgehead atoms. The van der Waals surface area contributed by atoms with Gasteiger partial charge in [-0.05, 0) is 36.4 Å². The van der Waals surface area contributed by atoms with Gasteiger partial charge in [-0.3, -0.25) is 14.2 Å². The van der Waals surface area contributed by atoms with Gasteiger partial charge in [-0.25, -0.2) is 14.9 Å². The molecule has 2 aromatic carbocycles. The summed E-state index contributed by atoms with van der Waals surface area (Å²) in [6.45, 7) is 3.68. The molecule has 0 fully saturated rings. The zero-order chi connectivity index (χ0) is 23.8. The molecule has 1 aliphatic heterocycles. The molecule has 2 N–H and O–H groups in total. The van der Waals surface area contributed by atoms with Crippen molar-refractivity contribution in [1.82, 2.24) is 15.0 Å². The Labute approximate surface area is 200 Å². The van der Waals surface area contributed by atoms with E-state index >= 15 is 0 Å². The summed E-state index contributed by atoms with van der Waals surface area (Å²) in [7, 11) is 0. The third-order valence-electron chi connectivity index (χ3n) is 5.01. The van der Waals surface area contributed by atoms with Crippen LogP contribution in [0, 0.1) is 5.82 Å². The van der Waals surface area contributed by atoms with Gasteiger partial charge in [0.05, 0.1) is 17.4 Å². The molecule has 0 saturated heterocycles. The Morgan fingerprint density at radius 3 is 2.76 bits per heavy atom. The maximum atomic E-state index is 13.8. The van der Waals surface area contributed by atoms with Crippen molar-refractivity contribution >= 4 is 63.0 Å². The molecule has 0 radical (unpaired) electrons. The van der Waals surface area contributed by atoms with E-state index in [1.807, 2.05) is 0 Å². The van der Waals surface area contributed by atoms with E-state index in [2.05, 4.69) is 27.4 Å². The Hall–Kier alpha value is -4.02. The molecule has 11 heteroatoms. The Balaban J connectivity index is 1.49. The lowest BCUT2D eigenvalue weighted by Crippen LogP contribution is -2.31. The number of fused-ring (bicyclic) bond motifs is 1. The number of thiophene rings is 1. The van der Waals surface area contributed by atoms with Crippen molar-refractivity contribution in [3.8, 4) is 0 Å². The number of hydrogen-bond donors (Lipinski definition) is 2. The second-order valence-corrected chi connectivity index (χ2v) is 8.71. The van der Waals surface area contributed by atoms with Crippen molar-refractivity contribution in [2.45, 2.75) is 6.54 Å². The minimum atomic E-state index is -0.569. The highest BCUT2D eigenvalue weighted by Gasteiger charge is 2.19. The minimum absolute atomic E-state index is 0.0295. The molecule has 1 amide bonds. The van der Waals surface area contributed by atoms with Crippen LogP contribution in [0.15, 0.2) is 64.6 Å². The van der Waals surface area contributed by atoms with Gasteiger partial charge in [0.2, 0.25) is 5.91 Å². The number of halogens is 2. The average Bonchev–Trinajstić information content (AvgIpc) is 3.43. The van der Waals surface area contributed by atoms with Crippen molar-refractivity contribution in [2.75, 3.05) is 5.32 Å². The van der Waals surface area contributed by atoms with Crippen LogP contribution in [0.3, 0.4) is 0 Å². The number of nitrogens with one attached hydrogen (secondary N) is 2. The summed E-state index contributed by atoms with van der Waals surface area (Å²) in [6.07, 6.45) is 1.27. The Morgan fingerprint density at radius 1 is 1.24 bits per heavy atom. The Bertz CT molecular complexity index is 1650. The Kier molecular flexibility index (Phi) is 5.60. The number of anilines is 1. The average molecular weight is 496 g/mol. The number of hydroxylamine groups is 1. The van der Waals surface area contributed by atoms with Crippen LogP contribution in [0.4, 0.5) is 10.1 Å². The zero-order valence-electron chi connectivity index (χ0n) is 17.3. The summed E-state index contributed by atoms with van der Waals surface area (Å²) in [6, 6.07) is 12.8. The number of nitrogens with zero attached hydrogens (tertiary/aromatic N) is 3. The zero-order valence-corrected chi connectivity index (χ0v) is 18.9. The van der Waals surface area contributed by atoms with E-state index in [1.165, 1.54) is 35.9 Å². The van der Waals surface area contributed by atoms with Gasteiger partial charge in [-0.1, -0.05) is 30.3 Å². The fourth-order valence-corrected chi connectivity index (χ4v) is 4.48. The predicted octanol–water partition coefficient (Wildman–Crippen LogP) is 2.35. The standard InChI is InChI=1S/C23H15ClFN5O3S/c1-12-18-22(34-19(12)21-28-20(29-33-21)13-6-8-14(24)9-7-13)26-11-30(23(18)32)10-17(31)27-16-5-3-2-4-15(16)25/h2-9,11H,1,10H2,(H,27,31)(H,28,29). The fourth-order valence-electron chi connectivity index (χ4n) is 3.35. The largest absolute Gasteiger partial charge is 0.359 e. The molecule has 5 rings (SSSR count). The highest BCUT2D eigenvalue weighted by atomic mass is 35.5. The monoisotopic (exact) mass is 495 g/mol. The lowest BCUT2D eigenvalue weighted by molar-refractivity contribution is -0.116. The number of benzene rings is 2. The van der Waals surface area contributed by atoms with E-state index in [0.717, 1.165) is 10.1 Å². The second kappa shape index (κ2) is 8.73. The first kappa shape index (κ1) is 21.8. The molecule has 8 nitrogen and oxygen atoms in total. The number of rotatable bonds is 4. The highest BCUT2D eigenvalue weighted by Crippen LogP contribution is 2.16. The summed E-state index contributed by atoms with van der Waals surface area (Å²) in [4.78, 5) is 40.2. The van der Waals surface area contributed by atoms with Gasteiger partial charge in [-0.15, -0.1) is 11.3 Å². The minimum Gasteiger partial charge on any atom is -0.359 e. The first-order valence-corrected chi connectivity index (χ1v) is 11.1. The predicted molar refractivity (Wildman–Crippen MR) is 129 cm³/mol. The number of aromatic nitrogens is 2. The quantitative estimate of drug-likeness (QED) is 0.453. The first-order chi connectivity index (χ1) is 16.4. The van der Waals surface area contributed by atoms with Crippen LogP contribution in [0.25, 0.3) is 22.7 Å². The molecule has 170 valence electrons. The molecule has 0 atom stereocenters. The van der Waals surface area contributed by atoms with Gasteiger partial charge in [0.1, 0.15) is 21.7 Å². The molecular weight excluding hydrogens is 481 g/mol. The van der Waals surface area contributed by atoms with Crippen LogP contribution in [0.5, 0.6) is 0 Å². The van der Waals surface area contributed by atoms with Crippen molar-refractivity contribution in [3.05, 3.63) is 91.4 Å². The van der Waals surface area contributed by atoms with E-state index < -0.39 is 17.3 Å². The van der Waals surface area contributed by atoms with Crippen molar-refractivity contribution in [3.63, 3.8) is 0 Å². The van der Waals surface area contributed by atoms with Crippen molar-refractivity contribution in [1.29, 1.82) is 0 Å². The molecule has 3 heterocycles. The van der Waals surface area contributed by atoms with Crippen LogP contribution in [-0.4, -0.2) is 21.3 Å². The van der Waals surface area contributed by atoms with Crippen molar-refractivity contribution < 1.29 is 14.0 Å². The summed E-state index contributed by atoms with van der Waals surface area (Å²) in [5.74, 6) is -0.399. The van der Waals surface area contributed by atoms with Gasteiger partial charge < -0.3 is 10.2 Å². The SMILES string of the molecule is C=c1c(=C2N=C(c3ccc(Cl)cc3)NO2)sc2ncn(CC(=O)Nc3ccccc3F)c(=O)c12. The van der Waals surface area contributed by atoms with Crippen LogP contribution in [0.2, 0.25) is 5.02 Å². The smallest absolute Gasteiger partial charge is 0.265 e. The number of hydrogen-bond acceptors (Lipinski definition) is 7. The third-order valence-corrected chi connectivity index (χ3v) is 6.39. The lowest BCUT2D eigenvalue weighted by atomic mass is 10.2. The summed E-state index contributed by atoms with van der Waals surface area (Å²) < 4.78 is 15.5. The molecule has 0 unspecified atom stereocenters. The Morgan fingerprint density at radius 2 is 2.00 bits per heavy atom. The summed E-state index contributed by atoms with van der Waals surface area (Å²) in [5, 5.41) is 3.69. The topological polar surface area (TPSA) is 97.6 Å².